The van der Waals surface area contributed by atoms with Crippen molar-refractivity contribution in [3.05, 3.63) is 105 Å². The van der Waals surface area contributed by atoms with E-state index in [1.807, 2.05) is 66.0 Å². The number of nitrogens with one attached hydrogen (secondary N) is 1. The molecule has 0 aliphatic carbocycles. The van der Waals surface area contributed by atoms with Crippen LogP contribution in [0.25, 0.3) is 27.7 Å². The third kappa shape index (κ3) is 3.52. The van der Waals surface area contributed by atoms with Crippen LogP contribution in [0.3, 0.4) is 0 Å². The summed E-state index contributed by atoms with van der Waals surface area (Å²) in [6.07, 6.45) is 1.23. The molecule has 0 bridgehead atoms. The number of aliphatic imine (C=N–C) groups is 1. The maximum atomic E-state index is 12.6. The van der Waals surface area contributed by atoms with Crippen LogP contribution in [0.4, 0.5) is 5.13 Å². The molecule has 5 rings (SSSR count). The number of rotatable bonds is 4. The predicted octanol–water partition coefficient (Wildman–Crippen LogP) is 4.26. The maximum absolute atomic E-state index is 12.6. The van der Waals surface area contributed by atoms with Crippen LogP contribution < -0.4 is 11.2 Å². The summed E-state index contributed by atoms with van der Waals surface area (Å²) >= 11 is 1.31. The van der Waals surface area contributed by atoms with Crippen molar-refractivity contribution in [3.63, 3.8) is 0 Å². The van der Waals surface area contributed by atoms with Gasteiger partial charge in [-0.05, 0) is 11.5 Å². The lowest BCUT2D eigenvalue weighted by atomic mass is 10.1. The van der Waals surface area contributed by atoms with E-state index in [4.69, 9.17) is 0 Å². The Morgan fingerprint density at radius 2 is 1.72 bits per heavy atom. The number of H-pyrrole nitrogens is 1. The van der Waals surface area contributed by atoms with Crippen molar-refractivity contribution < 1.29 is 5.11 Å². The van der Waals surface area contributed by atoms with Gasteiger partial charge in [0.15, 0.2) is 0 Å². The minimum absolute atomic E-state index is 0.131. The Labute approximate surface area is 185 Å². The molecular formula is C24H16N4O3S. The smallest absolute Gasteiger partial charge is 0.335 e. The third-order valence-electron chi connectivity index (χ3n) is 4.99. The highest BCUT2D eigenvalue weighted by Crippen LogP contribution is 2.27. The minimum atomic E-state index is -0.735. The van der Waals surface area contributed by atoms with Gasteiger partial charge < -0.3 is 5.11 Å². The molecule has 0 fully saturated rings. The van der Waals surface area contributed by atoms with Gasteiger partial charge in [0.1, 0.15) is 5.56 Å². The molecule has 0 aliphatic heterocycles. The Morgan fingerprint density at radius 1 is 0.969 bits per heavy atom. The molecule has 0 saturated heterocycles. The van der Waals surface area contributed by atoms with Crippen LogP contribution in [0.15, 0.2) is 92.8 Å². The van der Waals surface area contributed by atoms with Crippen LogP contribution in [0.2, 0.25) is 0 Å². The van der Waals surface area contributed by atoms with Gasteiger partial charge in [-0.2, -0.15) is 0 Å². The van der Waals surface area contributed by atoms with E-state index in [-0.39, 0.29) is 5.56 Å². The van der Waals surface area contributed by atoms with E-state index in [1.165, 1.54) is 17.6 Å². The number of aromatic amines is 1. The molecule has 0 aliphatic rings. The molecule has 0 unspecified atom stereocenters. The summed E-state index contributed by atoms with van der Waals surface area (Å²) in [5, 5.41) is 14.8. The van der Waals surface area contributed by atoms with Gasteiger partial charge in [-0.25, -0.2) is 19.3 Å². The summed E-state index contributed by atoms with van der Waals surface area (Å²) in [6.45, 7) is 0. The van der Waals surface area contributed by atoms with Gasteiger partial charge in [-0.3, -0.25) is 9.78 Å². The molecule has 7 nitrogen and oxygen atoms in total. The number of thiazole rings is 1. The number of hydrogen-bond acceptors (Lipinski definition) is 6. The van der Waals surface area contributed by atoms with Gasteiger partial charge in [0, 0.05) is 22.5 Å². The van der Waals surface area contributed by atoms with Crippen LogP contribution >= 0.6 is 11.3 Å². The average Bonchev–Trinajstić information content (AvgIpc) is 3.28. The first kappa shape index (κ1) is 19.7. The van der Waals surface area contributed by atoms with Gasteiger partial charge in [0.2, 0.25) is 11.0 Å². The average molecular weight is 440 g/mol. The van der Waals surface area contributed by atoms with Crippen molar-refractivity contribution in [2.75, 3.05) is 0 Å². The lowest BCUT2D eigenvalue weighted by Gasteiger charge is -2.12. The standard InChI is InChI=1S/C24H16N4O3S/c29-21-18(13-25-23-26-19(14-32-23)16-8-2-1-3-9-16)22(30)28(24(31)27-21)20-12-6-10-15-7-4-5-11-17(15)20/h1-14,30H,(H,27,29,31). The first-order valence-corrected chi connectivity index (χ1v) is 10.6. The Balaban J connectivity index is 1.58. The number of benzene rings is 3. The highest BCUT2D eigenvalue weighted by molar-refractivity contribution is 7.13. The first-order chi connectivity index (χ1) is 15.6. The molecule has 5 aromatic rings. The SMILES string of the molecule is O=c1[nH]c(=O)n(-c2cccc3ccccc23)c(O)c1C=Nc1nc(-c2ccccc2)cs1. The molecule has 8 heteroatoms. The van der Waals surface area contributed by atoms with Gasteiger partial charge >= 0.3 is 5.69 Å². The highest BCUT2D eigenvalue weighted by atomic mass is 32.1. The summed E-state index contributed by atoms with van der Waals surface area (Å²) in [5.74, 6) is -0.487. The number of hydrogen-bond donors (Lipinski definition) is 2. The molecule has 156 valence electrons. The zero-order valence-corrected chi connectivity index (χ0v) is 17.4. The monoisotopic (exact) mass is 440 g/mol. The van der Waals surface area contributed by atoms with E-state index >= 15 is 0 Å². The summed E-state index contributed by atoms with van der Waals surface area (Å²) < 4.78 is 1.07. The quantitative estimate of drug-likeness (QED) is 0.408. The Morgan fingerprint density at radius 3 is 2.56 bits per heavy atom. The predicted molar refractivity (Wildman–Crippen MR) is 127 cm³/mol. The molecule has 0 spiro atoms. The van der Waals surface area contributed by atoms with Crippen molar-refractivity contribution in [2.45, 2.75) is 0 Å². The summed E-state index contributed by atoms with van der Waals surface area (Å²) in [4.78, 5) is 36.0. The first-order valence-electron chi connectivity index (χ1n) is 9.73. The molecule has 2 heterocycles. The number of nitrogens with zero attached hydrogens (tertiary/aromatic N) is 3. The summed E-state index contributed by atoms with van der Waals surface area (Å²) in [7, 11) is 0. The summed E-state index contributed by atoms with van der Waals surface area (Å²) in [6, 6.07) is 22.5. The molecule has 2 N–H and O–H groups in total. The second kappa shape index (κ2) is 8.09. The number of fused-ring (bicyclic) bond motifs is 1. The Bertz CT molecular complexity index is 1580. The largest absolute Gasteiger partial charge is 0.493 e. The van der Waals surface area contributed by atoms with Crippen LogP contribution in [0, 0.1) is 0 Å². The topological polar surface area (TPSA) is 100 Å². The fourth-order valence-electron chi connectivity index (χ4n) is 3.47. The molecule has 32 heavy (non-hydrogen) atoms. The van der Waals surface area contributed by atoms with Gasteiger partial charge in [0.25, 0.3) is 5.56 Å². The van der Waals surface area contributed by atoms with Crippen LogP contribution in [-0.2, 0) is 0 Å². The van der Waals surface area contributed by atoms with Crippen LogP contribution in [0.1, 0.15) is 5.56 Å². The highest BCUT2D eigenvalue weighted by Gasteiger charge is 2.16. The third-order valence-corrected chi connectivity index (χ3v) is 5.74. The Kier molecular flexibility index (Phi) is 4.97. The molecular weight excluding hydrogens is 424 g/mol. The zero-order valence-electron chi connectivity index (χ0n) is 16.6. The van der Waals surface area contributed by atoms with Crippen molar-refractivity contribution in [1.82, 2.24) is 14.5 Å². The lowest BCUT2D eigenvalue weighted by molar-refractivity contribution is 0.430. The van der Waals surface area contributed by atoms with Crippen molar-refractivity contribution in [3.8, 4) is 22.8 Å². The van der Waals surface area contributed by atoms with E-state index in [2.05, 4.69) is 15.0 Å². The van der Waals surface area contributed by atoms with E-state index in [9.17, 15) is 14.7 Å². The zero-order chi connectivity index (χ0) is 22.1. The van der Waals surface area contributed by atoms with E-state index in [0.29, 0.717) is 10.8 Å². The number of aromatic nitrogens is 3. The van der Waals surface area contributed by atoms with E-state index < -0.39 is 17.1 Å². The van der Waals surface area contributed by atoms with E-state index in [1.54, 1.807) is 12.1 Å². The van der Waals surface area contributed by atoms with Gasteiger partial charge in [0.05, 0.1) is 11.4 Å². The summed E-state index contributed by atoms with van der Waals surface area (Å²) in [5.41, 5.74) is 0.581. The molecule has 0 atom stereocenters. The van der Waals surface area contributed by atoms with Crippen molar-refractivity contribution >= 4 is 33.5 Å². The fraction of sp³-hybridized carbons (Fsp3) is 0. The molecule has 2 aromatic heterocycles. The molecule has 0 amide bonds. The second-order valence-corrected chi connectivity index (χ2v) is 7.81. The Hall–Kier alpha value is -4.30. The van der Waals surface area contributed by atoms with Gasteiger partial charge in [-0.1, -0.05) is 66.7 Å². The minimum Gasteiger partial charge on any atom is -0.493 e. The van der Waals surface area contributed by atoms with E-state index in [0.717, 1.165) is 26.6 Å². The fourth-order valence-corrected chi connectivity index (χ4v) is 4.14. The molecule has 3 aromatic carbocycles. The van der Waals surface area contributed by atoms with Crippen LogP contribution in [0.5, 0.6) is 5.88 Å². The van der Waals surface area contributed by atoms with Crippen molar-refractivity contribution in [1.29, 1.82) is 0 Å². The second-order valence-electron chi connectivity index (χ2n) is 6.97. The molecule has 0 saturated carbocycles. The molecule has 0 radical (unpaired) electrons. The van der Waals surface area contributed by atoms with Crippen molar-refractivity contribution in [2.24, 2.45) is 4.99 Å². The maximum Gasteiger partial charge on any atom is 0.335 e. The lowest BCUT2D eigenvalue weighted by Crippen LogP contribution is -2.31. The number of aromatic hydroxyl groups is 1. The van der Waals surface area contributed by atoms with Gasteiger partial charge in [-0.15, -0.1) is 11.3 Å². The van der Waals surface area contributed by atoms with Crippen LogP contribution in [-0.4, -0.2) is 25.9 Å². The normalized spacial score (nSPS) is 11.4.